The molecule has 19 heavy (non-hydrogen) atoms. The lowest BCUT2D eigenvalue weighted by Crippen LogP contribution is -2.31. The van der Waals surface area contributed by atoms with Gasteiger partial charge in [-0.25, -0.2) is 4.39 Å². The normalized spacial score (nSPS) is 11.4. The summed E-state index contributed by atoms with van der Waals surface area (Å²) in [5, 5.41) is 8.43. The molecule has 2 aromatic rings. The van der Waals surface area contributed by atoms with Crippen LogP contribution < -0.4 is 10.6 Å². The Morgan fingerprint density at radius 1 is 1.00 bits per heavy atom. The number of rotatable bonds is 6. The number of halogens is 1. The Morgan fingerprint density at radius 2 is 1.74 bits per heavy atom. The maximum Gasteiger partial charge on any atom is 0.131 e. The summed E-state index contributed by atoms with van der Waals surface area (Å²) < 4.78 is 13.7. The molecule has 0 spiro atoms. The van der Waals surface area contributed by atoms with Crippen molar-refractivity contribution in [1.82, 2.24) is 10.6 Å². The van der Waals surface area contributed by atoms with Gasteiger partial charge in [-0.1, -0.05) is 44.2 Å². The van der Waals surface area contributed by atoms with Crippen LogP contribution in [0, 0.1) is 5.82 Å². The number of fused-ring (bicyclic) bond motifs is 1. The van der Waals surface area contributed by atoms with Gasteiger partial charge in [-0.3, -0.25) is 0 Å². The van der Waals surface area contributed by atoms with Gasteiger partial charge in [0.1, 0.15) is 5.82 Å². The van der Waals surface area contributed by atoms with Crippen LogP contribution in [0.5, 0.6) is 0 Å². The molecule has 0 bridgehead atoms. The molecular weight excluding hydrogens is 239 g/mol. The quantitative estimate of drug-likeness (QED) is 0.780. The van der Waals surface area contributed by atoms with Crippen LogP contribution >= 0.6 is 0 Å². The summed E-state index contributed by atoms with van der Waals surface area (Å²) in [4.78, 5) is 0. The minimum Gasteiger partial charge on any atom is -0.313 e. The van der Waals surface area contributed by atoms with Gasteiger partial charge >= 0.3 is 0 Å². The van der Waals surface area contributed by atoms with Gasteiger partial charge in [-0.2, -0.15) is 0 Å². The van der Waals surface area contributed by atoms with E-state index in [1.807, 2.05) is 30.3 Å². The van der Waals surface area contributed by atoms with Crippen LogP contribution in [0.3, 0.4) is 0 Å². The van der Waals surface area contributed by atoms with Gasteiger partial charge in [0.25, 0.3) is 0 Å². The predicted octanol–water partition coefficient (Wildman–Crippen LogP) is 3.07. The molecule has 0 saturated heterocycles. The van der Waals surface area contributed by atoms with Crippen LogP contribution in [0.1, 0.15) is 19.4 Å². The average molecular weight is 260 g/mol. The van der Waals surface area contributed by atoms with Crippen molar-refractivity contribution < 1.29 is 4.39 Å². The molecule has 0 atom stereocenters. The molecule has 102 valence electrons. The molecule has 0 aliphatic rings. The number of hydrogen-bond donors (Lipinski definition) is 2. The summed E-state index contributed by atoms with van der Waals surface area (Å²) in [6.07, 6.45) is 0. The summed E-state index contributed by atoms with van der Waals surface area (Å²) in [7, 11) is 0. The van der Waals surface area contributed by atoms with Crippen LogP contribution in [-0.2, 0) is 6.54 Å². The highest BCUT2D eigenvalue weighted by Crippen LogP contribution is 2.21. The van der Waals surface area contributed by atoms with Crippen LogP contribution in [-0.4, -0.2) is 19.1 Å². The first-order valence-corrected chi connectivity index (χ1v) is 6.78. The molecule has 0 aliphatic carbocycles. The molecule has 2 N–H and O–H groups in total. The van der Waals surface area contributed by atoms with E-state index in [1.165, 1.54) is 0 Å². The lowest BCUT2D eigenvalue weighted by molar-refractivity contribution is 0.556. The molecule has 3 heteroatoms. The van der Waals surface area contributed by atoms with Gasteiger partial charge in [0.15, 0.2) is 0 Å². The van der Waals surface area contributed by atoms with Crippen LogP contribution in [0.25, 0.3) is 10.8 Å². The molecule has 2 aromatic carbocycles. The number of nitrogens with one attached hydrogen (secondary N) is 2. The van der Waals surface area contributed by atoms with Crippen molar-refractivity contribution in [1.29, 1.82) is 0 Å². The Balaban J connectivity index is 1.99. The Hall–Kier alpha value is -1.45. The van der Waals surface area contributed by atoms with Gasteiger partial charge < -0.3 is 10.6 Å². The van der Waals surface area contributed by atoms with Gasteiger partial charge in [-0.05, 0) is 17.0 Å². The Kier molecular flexibility index (Phi) is 4.88. The third kappa shape index (κ3) is 3.75. The number of benzene rings is 2. The fraction of sp³-hybridized carbons (Fsp3) is 0.375. The lowest BCUT2D eigenvalue weighted by atomic mass is 10.0. The van der Waals surface area contributed by atoms with Gasteiger partial charge in [0, 0.05) is 31.1 Å². The van der Waals surface area contributed by atoms with Crippen molar-refractivity contribution in [2.45, 2.75) is 26.4 Å². The zero-order valence-corrected chi connectivity index (χ0v) is 11.5. The first-order chi connectivity index (χ1) is 9.18. The van der Waals surface area contributed by atoms with E-state index in [-0.39, 0.29) is 5.82 Å². The van der Waals surface area contributed by atoms with Crippen molar-refractivity contribution in [2.75, 3.05) is 13.1 Å². The molecule has 0 heterocycles. The van der Waals surface area contributed by atoms with E-state index in [9.17, 15) is 4.39 Å². The molecule has 0 aliphatic heterocycles. The van der Waals surface area contributed by atoms with Crippen molar-refractivity contribution in [3.63, 3.8) is 0 Å². The third-order valence-corrected chi connectivity index (χ3v) is 3.13. The second-order valence-corrected chi connectivity index (χ2v) is 5.04. The first kappa shape index (κ1) is 14.0. The second kappa shape index (κ2) is 6.64. The predicted molar refractivity (Wildman–Crippen MR) is 78.8 cm³/mol. The second-order valence-electron chi connectivity index (χ2n) is 5.04. The fourth-order valence-electron chi connectivity index (χ4n) is 2.15. The Bertz CT molecular complexity index is 537. The minimum absolute atomic E-state index is 0.152. The summed E-state index contributed by atoms with van der Waals surface area (Å²) in [6.45, 7) is 6.88. The molecule has 2 nitrogen and oxygen atoms in total. The van der Waals surface area contributed by atoms with E-state index < -0.39 is 0 Å². The van der Waals surface area contributed by atoms with Crippen LogP contribution in [0.2, 0.25) is 0 Å². The van der Waals surface area contributed by atoms with E-state index in [2.05, 4.69) is 24.5 Å². The topological polar surface area (TPSA) is 24.1 Å². The van der Waals surface area contributed by atoms with Gasteiger partial charge in [-0.15, -0.1) is 0 Å². The molecule has 2 rings (SSSR count). The maximum atomic E-state index is 13.7. The number of hydrogen-bond acceptors (Lipinski definition) is 2. The molecule has 0 radical (unpaired) electrons. The van der Waals surface area contributed by atoms with Gasteiger partial charge in [0.2, 0.25) is 0 Å². The highest BCUT2D eigenvalue weighted by Gasteiger charge is 2.04. The molecule has 0 saturated carbocycles. The Labute approximate surface area is 114 Å². The SMILES string of the molecule is CC(C)NCCNCc1ccc(F)c2ccccc12. The fourth-order valence-corrected chi connectivity index (χ4v) is 2.15. The van der Waals surface area contributed by atoms with Crippen molar-refractivity contribution >= 4 is 10.8 Å². The third-order valence-electron chi connectivity index (χ3n) is 3.13. The summed E-state index contributed by atoms with van der Waals surface area (Å²) in [5.41, 5.74) is 1.14. The monoisotopic (exact) mass is 260 g/mol. The molecular formula is C16H21FN2. The van der Waals surface area contributed by atoms with E-state index >= 15 is 0 Å². The summed E-state index contributed by atoms with van der Waals surface area (Å²) in [6, 6.07) is 11.5. The highest BCUT2D eigenvalue weighted by molar-refractivity contribution is 5.86. The molecule has 0 amide bonds. The smallest absolute Gasteiger partial charge is 0.131 e. The lowest BCUT2D eigenvalue weighted by Gasteiger charge is -2.11. The standard InChI is InChI=1S/C16H21FN2/c1-12(2)19-10-9-18-11-13-7-8-16(17)15-6-4-3-5-14(13)15/h3-8,12,18-19H,9-11H2,1-2H3. The zero-order valence-electron chi connectivity index (χ0n) is 11.5. The highest BCUT2D eigenvalue weighted by atomic mass is 19.1. The van der Waals surface area contributed by atoms with Crippen LogP contribution in [0.15, 0.2) is 36.4 Å². The van der Waals surface area contributed by atoms with E-state index in [1.54, 1.807) is 6.07 Å². The van der Waals surface area contributed by atoms with E-state index in [4.69, 9.17) is 0 Å². The molecule has 0 fully saturated rings. The van der Waals surface area contributed by atoms with Crippen molar-refractivity contribution in [2.24, 2.45) is 0 Å². The van der Waals surface area contributed by atoms with Crippen molar-refractivity contribution in [3.05, 3.63) is 47.8 Å². The molecule has 0 unspecified atom stereocenters. The maximum absolute atomic E-state index is 13.7. The summed E-state index contributed by atoms with van der Waals surface area (Å²) >= 11 is 0. The Morgan fingerprint density at radius 3 is 2.47 bits per heavy atom. The average Bonchev–Trinajstić information content (AvgIpc) is 2.41. The molecule has 0 aromatic heterocycles. The first-order valence-electron chi connectivity index (χ1n) is 6.78. The van der Waals surface area contributed by atoms with Gasteiger partial charge in [0.05, 0.1) is 0 Å². The van der Waals surface area contributed by atoms with Crippen molar-refractivity contribution in [3.8, 4) is 0 Å². The zero-order chi connectivity index (χ0) is 13.7. The van der Waals surface area contributed by atoms with Crippen LogP contribution in [0.4, 0.5) is 4.39 Å². The minimum atomic E-state index is -0.152. The van der Waals surface area contributed by atoms with E-state index in [0.717, 1.165) is 30.6 Å². The largest absolute Gasteiger partial charge is 0.313 e. The summed E-state index contributed by atoms with van der Waals surface area (Å²) in [5.74, 6) is -0.152. The van der Waals surface area contributed by atoms with E-state index in [0.29, 0.717) is 11.4 Å².